The van der Waals surface area contributed by atoms with Crippen molar-refractivity contribution in [2.45, 2.75) is 39.8 Å². The van der Waals surface area contributed by atoms with Gasteiger partial charge in [-0.15, -0.1) is 23.7 Å². The van der Waals surface area contributed by atoms with Gasteiger partial charge in [-0.05, 0) is 26.3 Å². The van der Waals surface area contributed by atoms with Gasteiger partial charge in [0, 0.05) is 43.5 Å². The molecule has 6 nitrogen and oxygen atoms in total. The Hall–Kier alpha value is -1.44. The molecule has 1 fully saturated rings. The van der Waals surface area contributed by atoms with E-state index < -0.39 is 0 Å². The van der Waals surface area contributed by atoms with E-state index in [4.69, 9.17) is 0 Å². The summed E-state index contributed by atoms with van der Waals surface area (Å²) >= 11 is 1.54. The van der Waals surface area contributed by atoms with Gasteiger partial charge in [-0.1, -0.05) is 0 Å². The number of hydrogen-bond donors (Lipinski definition) is 1. The van der Waals surface area contributed by atoms with Gasteiger partial charge in [0.2, 0.25) is 5.91 Å². The fraction of sp³-hybridized carbons (Fsp3) is 0.562. The average Bonchev–Trinajstić information content (AvgIpc) is 2.82. The van der Waals surface area contributed by atoms with Crippen LogP contribution in [-0.4, -0.2) is 46.0 Å². The van der Waals surface area contributed by atoms with Crippen molar-refractivity contribution in [1.82, 2.24) is 19.8 Å². The van der Waals surface area contributed by atoms with Crippen LogP contribution in [0.4, 0.5) is 0 Å². The molecule has 0 unspecified atom stereocenters. The molecule has 0 radical (unpaired) electrons. The van der Waals surface area contributed by atoms with Crippen LogP contribution in [0.3, 0.4) is 0 Å². The van der Waals surface area contributed by atoms with E-state index in [1.54, 1.807) is 22.2 Å². The van der Waals surface area contributed by atoms with E-state index in [-0.39, 0.29) is 29.9 Å². The monoisotopic (exact) mass is 370 g/mol. The van der Waals surface area contributed by atoms with E-state index in [2.05, 4.69) is 10.3 Å². The molecule has 1 aliphatic rings. The Morgan fingerprint density at radius 1 is 1.46 bits per heavy atom. The fourth-order valence-corrected chi connectivity index (χ4v) is 3.99. The second-order valence-corrected chi connectivity index (χ2v) is 7.30. The number of rotatable bonds is 3. The molecule has 1 saturated heterocycles. The Bertz CT molecular complexity index is 801. The predicted molar refractivity (Wildman–Crippen MR) is 99.3 cm³/mol. The summed E-state index contributed by atoms with van der Waals surface area (Å²) in [6.07, 6.45) is 1.90. The lowest BCUT2D eigenvalue weighted by atomic mass is 10.2. The fourth-order valence-electron chi connectivity index (χ4n) is 3.00. The zero-order valence-electron chi connectivity index (χ0n) is 14.2. The number of halogens is 1. The molecule has 0 saturated carbocycles. The number of piperazine rings is 1. The molecule has 3 rings (SSSR count). The van der Waals surface area contributed by atoms with Gasteiger partial charge in [-0.2, -0.15) is 0 Å². The molecule has 0 aromatic carbocycles. The van der Waals surface area contributed by atoms with Gasteiger partial charge in [-0.3, -0.25) is 14.2 Å². The third kappa shape index (κ3) is 3.48. The number of aryl methyl sites for hydroxylation is 3. The van der Waals surface area contributed by atoms with Crippen molar-refractivity contribution in [1.29, 1.82) is 0 Å². The highest BCUT2D eigenvalue weighted by Crippen LogP contribution is 2.25. The summed E-state index contributed by atoms with van der Waals surface area (Å²) in [5.41, 5.74) is 0.955. The molecular formula is C16H23ClN4O2S. The molecule has 1 N–H and O–H groups in total. The van der Waals surface area contributed by atoms with Crippen molar-refractivity contribution >= 4 is 39.9 Å². The Kier molecular flexibility index (Phi) is 6.01. The maximum absolute atomic E-state index is 12.6. The summed E-state index contributed by atoms with van der Waals surface area (Å²) in [4.78, 5) is 33.2. The van der Waals surface area contributed by atoms with Crippen molar-refractivity contribution in [3.05, 3.63) is 27.1 Å². The lowest BCUT2D eigenvalue weighted by Gasteiger charge is -2.34. The number of carbonyl (C=O) groups excluding carboxylic acids is 1. The molecule has 3 heterocycles. The number of aromatic nitrogens is 2. The van der Waals surface area contributed by atoms with Crippen LogP contribution in [0, 0.1) is 13.8 Å². The van der Waals surface area contributed by atoms with E-state index in [1.165, 1.54) is 0 Å². The van der Waals surface area contributed by atoms with E-state index in [0.717, 1.165) is 34.9 Å². The minimum atomic E-state index is -0.0435. The molecule has 1 atom stereocenters. The first-order valence-corrected chi connectivity index (χ1v) is 8.76. The number of amides is 1. The number of thiophene rings is 1. The van der Waals surface area contributed by atoms with Crippen LogP contribution < -0.4 is 10.9 Å². The summed E-state index contributed by atoms with van der Waals surface area (Å²) in [6, 6.07) is 0.204. The number of hydrogen-bond acceptors (Lipinski definition) is 5. The SMILES string of the molecule is Cc1sc2ncn(CCC(=O)N3CCNC[C@@H]3C)c(=O)c2c1C.Cl. The van der Waals surface area contributed by atoms with Gasteiger partial charge in [0.25, 0.3) is 5.56 Å². The highest BCUT2D eigenvalue weighted by Gasteiger charge is 2.22. The first-order chi connectivity index (χ1) is 11.0. The number of nitrogens with zero attached hydrogens (tertiary/aromatic N) is 3. The molecule has 2 aromatic rings. The van der Waals surface area contributed by atoms with Crippen LogP contribution in [0.1, 0.15) is 23.8 Å². The first-order valence-electron chi connectivity index (χ1n) is 7.94. The van der Waals surface area contributed by atoms with Crippen LogP contribution in [-0.2, 0) is 11.3 Å². The van der Waals surface area contributed by atoms with Crippen LogP contribution in [0.25, 0.3) is 10.2 Å². The van der Waals surface area contributed by atoms with Gasteiger partial charge in [-0.25, -0.2) is 4.98 Å². The quantitative estimate of drug-likeness (QED) is 0.893. The number of fused-ring (bicyclic) bond motifs is 1. The summed E-state index contributed by atoms with van der Waals surface area (Å²) in [5.74, 6) is 0.101. The molecule has 8 heteroatoms. The van der Waals surface area contributed by atoms with Gasteiger partial charge < -0.3 is 10.2 Å². The maximum Gasteiger partial charge on any atom is 0.262 e. The Labute approximate surface area is 151 Å². The molecule has 132 valence electrons. The zero-order valence-corrected chi connectivity index (χ0v) is 15.8. The lowest BCUT2D eigenvalue weighted by molar-refractivity contribution is -0.134. The Balaban J connectivity index is 0.00000208. The highest BCUT2D eigenvalue weighted by molar-refractivity contribution is 7.18. The second-order valence-electron chi connectivity index (χ2n) is 6.10. The standard InChI is InChI=1S/C16H22N4O2S.ClH/c1-10-8-17-5-7-20(10)13(21)4-6-19-9-18-15-14(16(19)22)11(2)12(3)23-15;/h9-10,17H,4-8H2,1-3H3;1H/t10-;/m0./s1. The minimum absolute atomic E-state index is 0. The molecule has 1 amide bonds. The van der Waals surface area contributed by atoms with Crippen molar-refractivity contribution < 1.29 is 4.79 Å². The topological polar surface area (TPSA) is 67.2 Å². The van der Waals surface area contributed by atoms with Crippen molar-refractivity contribution in [3.63, 3.8) is 0 Å². The maximum atomic E-state index is 12.6. The van der Waals surface area contributed by atoms with Gasteiger partial charge >= 0.3 is 0 Å². The van der Waals surface area contributed by atoms with Crippen LogP contribution >= 0.6 is 23.7 Å². The lowest BCUT2D eigenvalue weighted by Crippen LogP contribution is -2.52. The predicted octanol–water partition coefficient (Wildman–Crippen LogP) is 1.71. The molecule has 0 spiro atoms. The summed E-state index contributed by atoms with van der Waals surface area (Å²) in [7, 11) is 0. The van der Waals surface area contributed by atoms with E-state index in [0.29, 0.717) is 18.4 Å². The summed E-state index contributed by atoms with van der Waals surface area (Å²) in [6.45, 7) is 8.77. The number of carbonyl (C=O) groups is 1. The molecule has 0 aliphatic carbocycles. The molecule has 24 heavy (non-hydrogen) atoms. The molecular weight excluding hydrogens is 348 g/mol. The van der Waals surface area contributed by atoms with E-state index in [9.17, 15) is 9.59 Å². The van der Waals surface area contributed by atoms with Gasteiger partial charge in [0.05, 0.1) is 11.7 Å². The van der Waals surface area contributed by atoms with Gasteiger partial charge in [0.15, 0.2) is 0 Å². The Morgan fingerprint density at radius 3 is 2.92 bits per heavy atom. The third-order valence-electron chi connectivity index (χ3n) is 4.54. The normalized spacial score (nSPS) is 17.8. The van der Waals surface area contributed by atoms with Crippen molar-refractivity contribution in [3.8, 4) is 0 Å². The zero-order chi connectivity index (χ0) is 16.6. The molecule has 1 aliphatic heterocycles. The largest absolute Gasteiger partial charge is 0.337 e. The van der Waals surface area contributed by atoms with Crippen LogP contribution in [0.5, 0.6) is 0 Å². The van der Waals surface area contributed by atoms with Gasteiger partial charge in [0.1, 0.15) is 4.83 Å². The Morgan fingerprint density at radius 2 is 2.21 bits per heavy atom. The van der Waals surface area contributed by atoms with Crippen LogP contribution in [0.15, 0.2) is 11.1 Å². The second kappa shape index (κ2) is 7.63. The average molecular weight is 371 g/mol. The van der Waals surface area contributed by atoms with E-state index >= 15 is 0 Å². The first kappa shape index (κ1) is 18.9. The molecule has 2 aromatic heterocycles. The summed E-state index contributed by atoms with van der Waals surface area (Å²) < 4.78 is 1.56. The van der Waals surface area contributed by atoms with Crippen LogP contribution in [0.2, 0.25) is 0 Å². The number of nitrogens with one attached hydrogen (secondary N) is 1. The van der Waals surface area contributed by atoms with Crippen molar-refractivity contribution in [2.24, 2.45) is 0 Å². The highest BCUT2D eigenvalue weighted by atomic mass is 35.5. The summed E-state index contributed by atoms with van der Waals surface area (Å²) in [5, 5.41) is 3.97. The van der Waals surface area contributed by atoms with Crippen molar-refractivity contribution in [2.75, 3.05) is 19.6 Å². The smallest absolute Gasteiger partial charge is 0.262 e. The minimum Gasteiger partial charge on any atom is -0.337 e. The third-order valence-corrected chi connectivity index (χ3v) is 5.66. The van der Waals surface area contributed by atoms with E-state index in [1.807, 2.05) is 25.7 Å². The molecule has 0 bridgehead atoms.